The van der Waals surface area contributed by atoms with E-state index in [1.807, 2.05) is 26.0 Å². The molecule has 1 aromatic rings. The fourth-order valence-electron chi connectivity index (χ4n) is 2.32. The molecule has 0 bridgehead atoms. The highest BCUT2D eigenvalue weighted by molar-refractivity contribution is 5.31. The number of nitrogens with one attached hydrogen (secondary N) is 1. The molecule has 0 spiro atoms. The third kappa shape index (κ3) is 4.99. The highest BCUT2D eigenvalue weighted by Crippen LogP contribution is 2.29. The molecule has 1 N–H and O–H groups in total. The zero-order chi connectivity index (χ0) is 15.1. The van der Waals surface area contributed by atoms with E-state index in [4.69, 9.17) is 14.2 Å². The van der Waals surface area contributed by atoms with Crippen LogP contribution in [0.15, 0.2) is 24.3 Å². The van der Waals surface area contributed by atoms with Gasteiger partial charge in [-0.1, -0.05) is 19.1 Å². The van der Waals surface area contributed by atoms with Crippen molar-refractivity contribution in [2.24, 2.45) is 0 Å². The average molecular weight is 293 g/mol. The Labute approximate surface area is 127 Å². The van der Waals surface area contributed by atoms with Crippen LogP contribution in [0.1, 0.15) is 45.2 Å². The van der Waals surface area contributed by atoms with E-state index in [9.17, 15) is 0 Å². The van der Waals surface area contributed by atoms with E-state index in [0.717, 1.165) is 17.9 Å². The molecule has 1 atom stereocenters. The summed E-state index contributed by atoms with van der Waals surface area (Å²) in [6, 6.07) is 8.25. The molecule has 0 aromatic heterocycles. The molecule has 118 valence electrons. The smallest absolute Gasteiger partial charge is 0.176 e. The van der Waals surface area contributed by atoms with Crippen molar-refractivity contribution in [2.75, 3.05) is 19.8 Å². The first kappa shape index (κ1) is 16.3. The summed E-state index contributed by atoms with van der Waals surface area (Å²) in [6.45, 7) is 8.18. The third-order valence-corrected chi connectivity index (χ3v) is 3.40. The minimum absolute atomic E-state index is 0.0117. The minimum atomic E-state index is -0.281. The molecule has 0 saturated heterocycles. The third-order valence-electron chi connectivity index (χ3n) is 3.40. The summed E-state index contributed by atoms with van der Waals surface area (Å²) in [5.74, 6) is 0.935. The average Bonchev–Trinajstić information content (AvgIpc) is 3.29. The van der Waals surface area contributed by atoms with Gasteiger partial charge < -0.3 is 19.5 Å². The first-order valence-corrected chi connectivity index (χ1v) is 8.01. The van der Waals surface area contributed by atoms with Crippen molar-refractivity contribution in [3.05, 3.63) is 29.8 Å². The Morgan fingerprint density at radius 2 is 1.86 bits per heavy atom. The van der Waals surface area contributed by atoms with E-state index in [-0.39, 0.29) is 12.3 Å². The lowest BCUT2D eigenvalue weighted by Gasteiger charge is -2.28. The summed E-state index contributed by atoms with van der Waals surface area (Å²) in [7, 11) is 0. The van der Waals surface area contributed by atoms with Crippen molar-refractivity contribution >= 4 is 0 Å². The predicted octanol–water partition coefficient (Wildman–Crippen LogP) is 3.28. The second-order valence-electron chi connectivity index (χ2n) is 5.20. The summed E-state index contributed by atoms with van der Waals surface area (Å²) in [5.41, 5.74) is 1.14. The molecule has 1 unspecified atom stereocenters. The Bertz CT molecular complexity index is 414. The first-order valence-electron chi connectivity index (χ1n) is 8.01. The molecule has 0 heterocycles. The molecule has 2 rings (SSSR count). The monoisotopic (exact) mass is 293 g/mol. The predicted molar refractivity (Wildman–Crippen MR) is 83.5 cm³/mol. The molecule has 0 amide bonds. The summed E-state index contributed by atoms with van der Waals surface area (Å²) in [6.07, 6.45) is 2.46. The van der Waals surface area contributed by atoms with Crippen LogP contribution in [-0.2, 0) is 9.47 Å². The van der Waals surface area contributed by atoms with Crippen LogP contribution in [0.3, 0.4) is 0 Å². The van der Waals surface area contributed by atoms with Crippen LogP contribution in [-0.4, -0.2) is 32.2 Å². The van der Waals surface area contributed by atoms with E-state index in [0.29, 0.717) is 19.3 Å². The number of benzene rings is 1. The van der Waals surface area contributed by atoms with Gasteiger partial charge in [0.2, 0.25) is 0 Å². The van der Waals surface area contributed by atoms with E-state index in [2.05, 4.69) is 24.4 Å². The van der Waals surface area contributed by atoms with Crippen molar-refractivity contribution in [2.45, 2.75) is 52.0 Å². The van der Waals surface area contributed by atoms with E-state index >= 15 is 0 Å². The molecular weight excluding hydrogens is 266 g/mol. The SMILES string of the molecule is CCNC(c1cccc(OC2CC2)c1)C(OCC)OCC. The molecule has 4 nitrogen and oxygen atoms in total. The molecule has 1 aliphatic rings. The van der Waals surface area contributed by atoms with Gasteiger partial charge in [-0.05, 0) is 50.9 Å². The van der Waals surface area contributed by atoms with Crippen LogP contribution in [0.4, 0.5) is 0 Å². The maximum absolute atomic E-state index is 5.88. The van der Waals surface area contributed by atoms with Crippen LogP contribution >= 0.6 is 0 Å². The van der Waals surface area contributed by atoms with Crippen LogP contribution in [0.5, 0.6) is 5.75 Å². The lowest BCUT2D eigenvalue weighted by atomic mass is 10.1. The van der Waals surface area contributed by atoms with Gasteiger partial charge in [0.1, 0.15) is 5.75 Å². The van der Waals surface area contributed by atoms with Crippen LogP contribution < -0.4 is 10.1 Å². The van der Waals surface area contributed by atoms with E-state index in [1.165, 1.54) is 12.8 Å². The molecule has 1 fully saturated rings. The minimum Gasteiger partial charge on any atom is -0.490 e. The van der Waals surface area contributed by atoms with Gasteiger partial charge in [0, 0.05) is 13.2 Å². The molecule has 0 aliphatic heterocycles. The van der Waals surface area contributed by atoms with Crippen molar-refractivity contribution in [3.63, 3.8) is 0 Å². The highest BCUT2D eigenvalue weighted by Gasteiger charge is 2.26. The van der Waals surface area contributed by atoms with Gasteiger partial charge in [-0.3, -0.25) is 0 Å². The molecule has 21 heavy (non-hydrogen) atoms. The topological polar surface area (TPSA) is 39.7 Å². The van der Waals surface area contributed by atoms with Gasteiger partial charge in [0.15, 0.2) is 6.29 Å². The fourth-order valence-corrected chi connectivity index (χ4v) is 2.32. The molecule has 1 aromatic carbocycles. The summed E-state index contributed by atoms with van der Waals surface area (Å²) in [5, 5.41) is 3.46. The van der Waals surface area contributed by atoms with Crippen LogP contribution in [0.2, 0.25) is 0 Å². The van der Waals surface area contributed by atoms with Crippen molar-refractivity contribution in [3.8, 4) is 5.75 Å². The van der Waals surface area contributed by atoms with Crippen molar-refractivity contribution in [1.82, 2.24) is 5.32 Å². The number of hydrogen-bond donors (Lipinski definition) is 1. The van der Waals surface area contributed by atoms with Gasteiger partial charge >= 0.3 is 0 Å². The van der Waals surface area contributed by atoms with Gasteiger partial charge in [-0.2, -0.15) is 0 Å². The van der Waals surface area contributed by atoms with Gasteiger partial charge in [-0.25, -0.2) is 0 Å². The molecular formula is C17H27NO3. The lowest BCUT2D eigenvalue weighted by molar-refractivity contribution is -0.155. The number of rotatable bonds is 10. The molecule has 1 aliphatic carbocycles. The second kappa shape index (κ2) is 8.37. The molecule has 1 saturated carbocycles. The number of ether oxygens (including phenoxy) is 3. The normalized spacial score (nSPS) is 16.2. The van der Waals surface area contributed by atoms with Crippen LogP contribution in [0, 0.1) is 0 Å². The summed E-state index contributed by atoms with van der Waals surface area (Å²) < 4.78 is 17.4. The zero-order valence-electron chi connectivity index (χ0n) is 13.3. The van der Waals surface area contributed by atoms with Gasteiger partial charge in [-0.15, -0.1) is 0 Å². The summed E-state index contributed by atoms with van der Waals surface area (Å²) in [4.78, 5) is 0. The van der Waals surface area contributed by atoms with Gasteiger partial charge in [0.05, 0.1) is 12.1 Å². The Morgan fingerprint density at radius 3 is 2.43 bits per heavy atom. The first-order chi connectivity index (χ1) is 10.3. The van der Waals surface area contributed by atoms with E-state index < -0.39 is 0 Å². The summed E-state index contributed by atoms with van der Waals surface area (Å²) >= 11 is 0. The molecule has 0 radical (unpaired) electrons. The maximum Gasteiger partial charge on any atom is 0.176 e. The number of likely N-dealkylation sites (N-methyl/N-ethyl adjacent to an activating group) is 1. The van der Waals surface area contributed by atoms with Crippen molar-refractivity contribution in [1.29, 1.82) is 0 Å². The second-order valence-corrected chi connectivity index (χ2v) is 5.20. The standard InChI is InChI=1S/C17H27NO3/c1-4-18-16(17(19-5-2)20-6-3)13-8-7-9-15(12-13)21-14-10-11-14/h7-9,12,14,16-18H,4-6,10-11H2,1-3H3. The lowest BCUT2D eigenvalue weighted by Crippen LogP contribution is -2.36. The quantitative estimate of drug-likeness (QED) is 0.672. The highest BCUT2D eigenvalue weighted by atomic mass is 16.7. The Balaban J connectivity index is 2.14. The van der Waals surface area contributed by atoms with Crippen molar-refractivity contribution < 1.29 is 14.2 Å². The largest absolute Gasteiger partial charge is 0.490 e. The maximum atomic E-state index is 5.88. The van der Waals surface area contributed by atoms with Gasteiger partial charge in [0.25, 0.3) is 0 Å². The van der Waals surface area contributed by atoms with E-state index in [1.54, 1.807) is 0 Å². The molecule has 4 heteroatoms. The number of hydrogen-bond acceptors (Lipinski definition) is 4. The van der Waals surface area contributed by atoms with Crippen LogP contribution in [0.25, 0.3) is 0 Å². The Morgan fingerprint density at radius 1 is 1.14 bits per heavy atom. The Hall–Kier alpha value is -1.10. The fraction of sp³-hybridized carbons (Fsp3) is 0.647. The zero-order valence-corrected chi connectivity index (χ0v) is 13.3. The Kier molecular flexibility index (Phi) is 6.49.